The fourth-order valence-corrected chi connectivity index (χ4v) is 2.22. The van der Waals surface area contributed by atoms with Crippen LogP contribution in [0.2, 0.25) is 0 Å². The van der Waals surface area contributed by atoms with E-state index >= 15 is 0 Å². The van der Waals surface area contributed by atoms with E-state index in [0.29, 0.717) is 6.54 Å². The maximum absolute atomic E-state index is 9.46. The Bertz CT molecular complexity index is 279. The van der Waals surface area contributed by atoms with Crippen LogP contribution in [0.5, 0.6) is 0 Å². The number of hydrogen-bond donors (Lipinski definition) is 2. The van der Waals surface area contributed by atoms with Crippen LogP contribution in [0.25, 0.3) is 0 Å². The Labute approximate surface area is 89.7 Å². The minimum Gasteiger partial charge on any atom is -0.447 e. The molecule has 0 aliphatic heterocycles. The number of hydrogen-bond acceptors (Lipinski definition) is 4. The van der Waals surface area contributed by atoms with E-state index < -0.39 is 0 Å². The molecule has 2 N–H and O–H groups in total. The Hall–Kier alpha value is -0.870. The molecule has 4 nitrogen and oxygen atoms in total. The third kappa shape index (κ3) is 2.58. The lowest BCUT2D eigenvalue weighted by Crippen LogP contribution is -2.49. The van der Waals surface area contributed by atoms with Crippen LogP contribution in [0, 0.1) is 0 Å². The number of aliphatic hydroxyl groups excluding tert-OH is 1. The van der Waals surface area contributed by atoms with Crippen molar-refractivity contribution in [2.45, 2.75) is 44.2 Å². The largest absolute Gasteiger partial charge is 0.447 e. The van der Waals surface area contributed by atoms with E-state index in [1.165, 1.54) is 25.7 Å². The van der Waals surface area contributed by atoms with Crippen molar-refractivity contribution in [3.8, 4) is 0 Å². The molecule has 15 heavy (non-hydrogen) atoms. The van der Waals surface area contributed by atoms with Gasteiger partial charge in [-0.25, -0.2) is 4.98 Å². The summed E-state index contributed by atoms with van der Waals surface area (Å²) in [5, 5.41) is 12.9. The third-order valence-electron chi connectivity index (χ3n) is 3.23. The van der Waals surface area contributed by atoms with Crippen molar-refractivity contribution in [1.29, 1.82) is 0 Å². The van der Waals surface area contributed by atoms with Gasteiger partial charge in [0.1, 0.15) is 5.76 Å². The second-order valence-electron chi connectivity index (χ2n) is 4.32. The Morgan fingerprint density at radius 1 is 1.40 bits per heavy atom. The SMILES string of the molecule is OCC1(NCc2cnco2)CCCCC1. The van der Waals surface area contributed by atoms with Crippen LogP contribution in [0.1, 0.15) is 37.9 Å². The summed E-state index contributed by atoms with van der Waals surface area (Å²) in [7, 11) is 0. The van der Waals surface area contributed by atoms with Crippen LogP contribution in [0.15, 0.2) is 17.0 Å². The summed E-state index contributed by atoms with van der Waals surface area (Å²) in [6.45, 7) is 0.863. The molecule has 1 aromatic rings. The maximum atomic E-state index is 9.46. The highest BCUT2D eigenvalue weighted by atomic mass is 16.3. The highest BCUT2D eigenvalue weighted by Gasteiger charge is 2.30. The molecule has 0 amide bonds. The van der Waals surface area contributed by atoms with Gasteiger partial charge >= 0.3 is 0 Å². The lowest BCUT2D eigenvalue weighted by molar-refractivity contribution is 0.117. The van der Waals surface area contributed by atoms with Gasteiger partial charge in [-0.3, -0.25) is 0 Å². The van der Waals surface area contributed by atoms with Crippen LogP contribution in [0.4, 0.5) is 0 Å². The monoisotopic (exact) mass is 210 g/mol. The van der Waals surface area contributed by atoms with Gasteiger partial charge in [-0.05, 0) is 12.8 Å². The molecule has 2 rings (SSSR count). The number of aliphatic hydroxyl groups is 1. The smallest absolute Gasteiger partial charge is 0.180 e. The highest BCUT2D eigenvalue weighted by Crippen LogP contribution is 2.27. The first-order valence-corrected chi connectivity index (χ1v) is 5.58. The van der Waals surface area contributed by atoms with E-state index in [4.69, 9.17) is 4.42 Å². The Balaban J connectivity index is 1.89. The molecule has 0 unspecified atom stereocenters. The van der Waals surface area contributed by atoms with Gasteiger partial charge in [0.15, 0.2) is 6.39 Å². The first-order chi connectivity index (χ1) is 7.35. The highest BCUT2D eigenvalue weighted by molar-refractivity contribution is 4.94. The molecular formula is C11H18N2O2. The standard InChI is InChI=1S/C11H18N2O2/c14-8-11(4-2-1-3-5-11)13-7-10-6-12-9-15-10/h6,9,13-14H,1-5,7-8H2. The van der Waals surface area contributed by atoms with Crippen LogP contribution in [-0.4, -0.2) is 22.2 Å². The van der Waals surface area contributed by atoms with Crippen molar-refractivity contribution in [3.05, 3.63) is 18.4 Å². The third-order valence-corrected chi connectivity index (χ3v) is 3.23. The van der Waals surface area contributed by atoms with Crippen LogP contribution < -0.4 is 5.32 Å². The van der Waals surface area contributed by atoms with Crippen LogP contribution in [-0.2, 0) is 6.54 Å². The van der Waals surface area contributed by atoms with Crippen molar-refractivity contribution >= 4 is 0 Å². The van der Waals surface area contributed by atoms with Crippen molar-refractivity contribution in [1.82, 2.24) is 10.3 Å². The number of oxazole rings is 1. The van der Waals surface area contributed by atoms with Gasteiger partial charge in [0.25, 0.3) is 0 Å². The molecule has 0 bridgehead atoms. The fraction of sp³-hybridized carbons (Fsp3) is 0.727. The quantitative estimate of drug-likeness (QED) is 0.790. The van der Waals surface area contributed by atoms with Crippen molar-refractivity contribution < 1.29 is 9.52 Å². The predicted molar refractivity (Wildman–Crippen MR) is 56.2 cm³/mol. The number of rotatable bonds is 4. The maximum Gasteiger partial charge on any atom is 0.180 e. The summed E-state index contributed by atoms with van der Waals surface area (Å²) in [6, 6.07) is 0. The topological polar surface area (TPSA) is 58.3 Å². The van der Waals surface area contributed by atoms with Crippen molar-refractivity contribution in [3.63, 3.8) is 0 Å². The minimum absolute atomic E-state index is 0.0922. The molecule has 1 fully saturated rings. The zero-order valence-corrected chi connectivity index (χ0v) is 8.91. The molecule has 0 radical (unpaired) electrons. The lowest BCUT2D eigenvalue weighted by Gasteiger charge is -2.36. The van der Waals surface area contributed by atoms with Gasteiger partial charge in [0.2, 0.25) is 0 Å². The number of nitrogens with one attached hydrogen (secondary N) is 1. The summed E-state index contributed by atoms with van der Waals surface area (Å²) >= 11 is 0. The number of nitrogens with zero attached hydrogens (tertiary/aromatic N) is 1. The average molecular weight is 210 g/mol. The molecule has 0 saturated heterocycles. The van der Waals surface area contributed by atoms with Crippen molar-refractivity contribution in [2.75, 3.05) is 6.61 Å². The number of aromatic nitrogens is 1. The molecule has 1 aromatic heterocycles. The molecule has 1 saturated carbocycles. The van der Waals surface area contributed by atoms with E-state index in [-0.39, 0.29) is 12.1 Å². The second kappa shape index (κ2) is 4.77. The minimum atomic E-state index is -0.0922. The first kappa shape index (κ1) is 10.6. The summed E-state index contributed by atoms with van der Waals surface area (Å²) in [5.41, 5.74) is -0.0922. The first-order valence-electron chi connectivity index (χ1n) is 5.58. The van der Waals surface area contributed by atoms with Gasteiger partial charge in [-0.15, -0.1) is 0 Å². The zero-order chi connectivity index (χ0) is 10.6. The van der Waals surface area contributed by atoms with Gasteiger partial charge in [0.05, 0.1) is 19.3 Å². The van der Waals surface area contributed by atoms with Gasteiger partial charge in [-0.1, -0.05) is 19.3 Å². The summed E-state index contributed by atoms with van der Waals surface area (Å²) in [6.07, 6.45) is 8.93. The van der Waals surface area contributed by atoms with E-state index in [1.54, 1.807) is 6.20 Å². The van der Waals surface area contributed by atoms with Gasteiger partial charge < -0.3 is 14.8 Å². The van der Waals surface area contributed by atoms with E-state index in [0.717, 1.165) is 18.6 Å². The lowest BCUT2D eigenvalue weighted by atomic mass is 9.82. The summed E-state index contributed by atoms with van der Waals surface area (Å²) in [4.78, 5) is 3.87. The molecule has 0 aromatic carbocycles. The van der Waals surface area contributed by atoms with Crippen LogP contribution in [0.3, 0.4) is 0 Å². The average Bonchev–Trinajstić information content (AvgIpc) is 2.81. The molecule has 0 spiro atoms. The molecular weight excluding hydrogens is 192 g/mol. The second-order valence-corrected chi connectivity index (χ2v) is 4.32. The Kier molecular flexibility index (Phi) is 3.38. The fourth-order valence-electron chi connectivity index (χ4n) is 2.22. The molecule has 0 atom stereocenters. The molecule has 1 aliphatic carbocycles. The Morgan fingerprint density at radius 2 is 2.20 bits per heavy atom. The normalized spacial score (nSPS) is 20.3. The van der Waals surface area contributed by atoms with E-state index in [9.17, 15) is 5.11 Å². The molecule has 4 heteroatoms. The van der Waals surface area contributed by atoms with Crippen molar-refractivity contribution in [2.24, 2.45) is 0 Å². The van der Waals surface area contributed by atoms with Gasteiger partial charge in [0, 0.05) is 5.54 Å². The molecule has 1 heterocycles. The molecule has 1 aliphatic rings. The van der Waals surface area contributed by atoms with Crippen LogP contribution >= 0.6 is 0 Å². The van der Waals surface area contributed by atoms with Gasteiger partial charge in [-0.2, -0.15) is 0 Å². The van der Waals surface area contributed by atoms with E-state index in [1.807, 2.05) is 0 Å². The predicted octanol–water partition coefficient (Wildman–Crippen LogP) is 1.46. The summed E-state index contributed by atoms with van der Waals surface area (Å²) < 4.78 is 5.16. The summed E-state index contributed by atoms with van der Waals surface area (Å²) in [5.74, 6) is 0.827. The zero-order valence-electron chi connectivity index (χ0n) is 8.91. The molecule has 84 valence electrons. The Morgan fingerprint density at radius 3 is 2.80 bits per heavy atom. The van der Waals surface area contributed by atoms with E-state index in [2.05, 4.69) is 10.3 Å².